The average Bonchev–Trinajstić information content (AvgIpc) is 2.47. The fraction of sp³-hybridized carbons (Fsp3) is 0.500. The van der Waals surface area contributed by atoms with Gasteiger partial charge in [-0.1, -0.05) is 6.92 Å². The summed E-state index contributed by atoms with van der Waals surface area (Å²) < 4.78 is 1.62. The van der Waals surface area contributed by atoms with Crippen LogP contribution in [0.15, 0.2) is 12.4 Å². The zero-order valence-corrected chi connectivity index (χ0v) is 7.37. The number of likely N-dealkylation sites (N-methyl/N-ethyl adjacent to an activating group) is 1. The third-order valence-corrected chi connectivity index (χ3v) is 1.56. The van der Waals surface area contributed by atoms with Gasteiger partial charge in [0.2, 0.25) is 0 Å². The Labute approximate surface area is 71.6 Å². The highest BCUT2D eigenvalue weighted by Gasteiger charge is 2.05. The number of nitrogens with zero attached hydrogens (tertiary/aromatic N) is 2. The molecule has 66 valence electrons. The minimum Gasteiger partial charge on any atom is -0.310 e. The molecule has 0 radical (unpaired) electrons. The second-order valence-corrected chi connectivity index (χ2v) is 2.61. The van der Waals surface area contributed by atoms with Crippen LogP contribution in [0.3, 0.4) is 0 Å². The monoisotopic (exact) mass is 167 g/mol. The number of carbonyl (C=O) groups excluding carboxylic acids is 1. The van der Waals surface area contributed by atoms with Crippen LogP contribution < -0.4 is 5.32 Å². The molecule has 0 saturated carbocycles. The van der Waals surface area contributed by atoms with E-state index in [1.54, 1.807) is 24.1 Å². The lowest BCUT2D eigenvalue weighted by Gasteiger charge is -1.96. The Balaban J connectivity index is 2.53. The largest absolute Gasteiger partial charge is 0.310 e. The SMILES string of the molecule is CCNCC(=O)c1cnn(C)c1. The number of nitrogens with one attached hydrogen (secondary N) is 1. The van der Waals surface area contributed by atoms with Gasteiger partial charge in [-0.3, -0.25) is 9.48 Å². The highest BCUT2D eigenvalue weighted by molar-refractivity contribution is 5.97. The van der Waals surface area contributed by atoms with E-state index < -0.39 is 0 Å². The number of carbonyl (C=O) groups is 1. The summed E-state index contributed by atoms with van der Waals surface area (Å²) in [5.41, 5.74) is 0.665. The summed E-state index contributed by atoms with van der Waals surface area (Å²) in [5, 5.41) is 6.88. The highest BCUT2D eigenvalue weighted by Crippen LogP contribution is 1.96. The molecule has 1 aromatic heterocycles. The van der Waals surface area contributed by atoms with E-state index in [0.29, 0.717) is 12.1 Å². The van der Waals surface area contributed by atoms with Gasteiger partial charge in [-0.2, -0.15) is 5.10 Å². The molecule has 0 aromatic carbocycles. The maximum Gasteiger partial charge on any atom is 0.179 e. The number of ketones is 1. The molecule has 12 heavy (non-hydrogen) atoms. The van der Waals surface area contributed by atoms with E-state index in [2.05, 4.69) is 10.4 Å². The summed E-state index contributed by atoms with van der Waals surface area (Å²) >= 11 is 0. The van der Waals surface area contributed by atoms with E-state index in [1.807, 2.05) is 6.92 Å². The van der Waals surface area contributed by atoms with Gasteiger partial charge < -0.3 is 5.32 Å². The van der Waals surface area contributed by atoms with E-state index in [0.717, 1.165) is 6.54 Å². The number of aromatic nitrogens is 2. The fourth-order valence-corrected chi connectivity index (χ4v) is 0.906. The molecule has 0 aliphatic heterocycles. The standard InChI is InChI=1S/C8H13N3O/c1-3-9-5-8(12)7-4-10-11(2)6-7/h4,6,9H,3,5H2,1-2H3. The first-order valence-corrected chi connectivity index (χ1v) is 3.96. The number of rotatable bonds is 4. The van der Waals surface area contributed by atoms with Crippen molar-refractivity contribution in [2.45, 2.75) is 6.92 Å². The summed E-state index contributed by atoms with van der Waals surface area (Å²) in [5.74, 6) is 0.0879. The van der Waals surface area contributed by atoms with Crippen molar-refractivity contribution in [2.75, 3.05) is 13.1 Å². The first-order valence-electron chi connectivity index (χ1n) is 3.96. The second kappa shape index (κ2) is 4.01. The van der Waals surface area contributed by atoms with Crippen molar-refractivity contribution in [3.8, 4) is 0 Å². The van der Waals surface area contributed by atoms with Crippen LogP contribution in [0.2, 0.25) is 0 Å². The molecule has 1 aromatic rings. The van der Waals surface area contributed by atoms with E-state index in [-0.39, 0.29) is 5.78 Å². The zero-order valence-electron chi connectivity index (χ0n) is 7.37. The van der Waals surface area contributed by atoms with Gasteiger partial charge >= 0.3 is 0 Å². The molecule has 1 heterocycles. The molecule has 0 atom stereocenters. The van der Waals surface area contributed by atoms with E-state index in [1.165, 1.54) is 0 Å². The van der Waals surface area contributed by atoms with Gasteiger partial charge in [-0.05, 0) is 6.54 Å². The molecule has 0 spiro atoms. The minimum absolute atomic E-state index is 0.0879. The van der Waals surface area contributed by atoms with Crippen molar-refractivity contribution in [3.63, 3.8) is 0 Å². The van der Waals surface area contributed by atoms with Crippen molar-refractivity contribution < 1.29 is 4.79 Å². The molecule has 0 aliphatic carbocycles. The molecule has 4 heteroatoms. The van der Waals surface area contributed by atoms with Crippen LogP contribution in [0.1, 0.15) is 17.3 Å². The molecule has 0 amide bonds. The summed E-state index contributed by atoms with van der Waals surface area (Å²) in [4.78, 5) is 11.3. The maximum absolute atomic E-state index is 11.3. The summed E-state index contributed by atoms with van der Waals surface area (Å²) in [6.07, 6.45) is 3.30. The smallest absolute Gasteiger partial charge is 0.179 e. The highest BCUT2D eigenvalue weighted by atomic mass is 16.1. The van der Waals surface area contributed by atoms with Crippen LogP contribution in [0.25, 0.3) is 0 Å². The fourth-order valence-electron chi connectivity index (χ4n) is 0.906. The van der Waals surface area contributed by atoms with Crippen molar-refractivity contribution in [1.29, 1.82) is 0 Å². The molecule has 0 saturated heterocycles. The molecule has 0 unspecified atom stereocenters. The van der Waals surface area contributed by atoms with Crippen LogP contribution >= 0.6 is 0 Å². The third kappa shape index (κ3) is 2.17. The Kier molecular flexibility index (Phi) is 2.99. The third-order valence-electron chi connectivity index (χ3n) is 1.56. The van der Waals surface area contributed by atoms with E-state index >= 15 is 0 Å². The van der Waals surface area contributed by atoms with Crippen LogP contribution in [0.4, 0.5) is 0 Å². The van der Waals surface area contributed by atoms with E-state index in [9.17, 15) is 4.79 Å². The molecular weight excluding hydrogens is 154 g/mol. The zero-order chi connectivity index (χ0) is 8.97. The van der Waals surface area contributed by atoms with Crippen molar-refractivity contribution in [1.82, 2.24) is 15.1 Å². The van der Waals surface area contributed by atoms with Crippen LogP contribution in [0, 0.1) is 0 Å². The first kappa shape index (κ1) is 8.93. The molecule has 1 rings (SSSR count). The maximum atomic E-state index is 11.3. The average molecular weight is 167 g/mol. The minimum atomic E-state index is 0.0879. The van der Waals surface area contributed by atoms with Gasteiger partial charge in [0.15, 0.2) is 5.78 Å². The van der Waals surface area contributed by atoms with Gasteiger partial charge in [-0.15, -0.1) is 0 Å². The Morgan fingerprint density at radius 3 is 3.00 bits per heavy atom. The van der Waals surface area contributed by atoms with Crippen molar-refractivity contribution in [3.05, 3.63) is 18.0 Å². The lowest BCUT2D eigenvalue weighted by atomic mass is 10.2. The Morgan fingerprint density at radius 2 is 2.50 bits per heavy atom. The molecule has 0 fully saturated rings. The molecule has 4 nitrogen and oxygen atoms in total. The lowest BCUT2D eigenvalue weighted by Crippen LogP contribution is -2.22. The van der Waals surface area contributed by atoms with Crippen molar-refractivity contribution >= 4 is 5.78 Å². The topological polar surface area (TPSA) is 46.9 Å². The van der Waals surface area contributed by atoms with Gasteiger partial charge in [0.25, 0.3) is 0 Å². The predicted octanol–water partition coefficient (Wildman–Crippen LogP) is 0.212. The molecule has 0 aliphatic rings. The quantitative estimate of drug-likeness (QED) is 0.652. The molecule has 0 bridgehead atoms. The molecule has 1 N–H and O–H groups in total. The van der Waals surface area contributed by atoms with Gasteiger partial charge in [0.1, 0.15) is 0 Å². The number of Topliss-reactive ketones (excluding diaryl/α,β-unsaturated/α-hetero) is 1. The van der Waals surface area contributed by atoms with Crippen LogP contribution in [-0.4, -0.2) is 28.7 Å². The van der Waals surface area contributed by atoms with Crippen LogP contribution in [0.5, 0.6) is 0 Å². The van der Waals surface area contributed by atoms with Gasteiger partial charge in [-0.25, -0.2) is 0 Å². The lowest BCUT2D eigenvalue weighted by molar-refractivity contribution is 0.0991. The van der Waals surface area contributed by atoms with Crippen molar-refractivity contribution in [2.24, 2.45) is 7.05 Å². The predicted molar refractivity (Wildman–Crippen MR) is 46.1 cm³/mol. The van der Waals surface area contributed by atoms with Gasteiger partial charge in [0.05, 0.1) is 18.3 Å². The summed E-state index contributed by atoms with van der Waals surface area (Å²) in [7, 11) is 1.80. The summed E-state index contributed by atoms with van der Waals surface area (Å²) in [6.45, 7) is 3.17. The number of hydrogen-bond donors (Lipinski definition) is 1. The molecular formula is C8H13N3O. The number of hydrogen-bond acceptors (Lipinski definition) is 3. The summed E-state index contributed by atoms with van der Waals surface area (Å²) in [6, 6.07) is 0. The Morgan fingerprint density at radius 1 is 1.75 bits per heavy atom. The van der Waals surface area contributed by atoms with Crippen LogP contribution in [-0.2, 0) is 7.05 Å². The second-order valence-electron chi connectivity index (χ2n) is 2.61. The Bertz CT molecular complexity index is 267. The van der Waals surface area contributed by atoms with E-state index in [4.69, 9.17) is 0 Å². The van der Waals surface area contributed by atoms with Gasteiger partial charge in [0, 0.05) is 13.2 Å². The Hall–Kier alpha value is -1.16. The normalized spacial score (nSPS) is 10.2. The number of aryl methyl sites for hydroxylation is 1. The first-order chi connectivity index (χ1) is 5.74.